The zero-order valence-electron chi connectivity index (χ0n) is 15.7. The van der Waals surface area contributed by atoms with Crippen molar-refractivity contribution in [3.8, 4) is 5.75 Å². The van der Waals surface area contributed by atoms with E-state index in [1.165, 1.54) is 60.7 Å². The Hall–Kier alpha value is -4.25. The maximum atomic E-state index is 12.4. The van der Waals surface area contributed by atoms with Crippen LogP contribution < -0.4 is 15.2 Å². The van der Waals surface area contributed by atoms with Crippen LogP contribution in [0.3, 0.4) is 0 Å². The molecule has 3 aromatic rings. The summed E-state index contributed by atoms with van der Waals surface area (Å²) in [5.41, 5.74) is 5.72. The van der Waals surface area contributed by atoms with Crippen molar-refractivity contribution in [2.45, 2.75) is 4.90 Å². The molecule has 0 heterocycles. The van der Waals surface area contributed by atoms with Gasteiger partial charge in [-0.05, 0) is 54.6 Å². The van der Waals surface area contributed by atoms with Crippen molar-refractivity contribution < 1.29 is 27.1 Å². The fraction of sp³-hybridized carbons (Fsp3) is 0. The van der Waals surface area contributed by atoms with Crippen molar-refractivity contribution in [2.75, 3.05) is 5.32 Å². The Balaban J connectivity index is 1.70. The molecule has 2 amide bonds. The summed E-state index contributed by atoms with van der Waals surface area (Å²) in [5.74, 6) is -1.14. The first-order chi connectivity index (χ1) is 14.7. The topological polar surface area (TPSA) is 159 Å². The third kappa shape index (κ3) is 5.22. The molecule has 0 aromatic heterocycles. The van der Waals surface area contributed by atoms with Crippen molar-refractivity contribution in [1.82, 2.24) is 0 Å². The fourth-order valence-corrected chi connectivity index (χ4v) is 3.48. The van der Waals surface area contributed by atoms with Gasteiger partial charge in [-0.15, -0.1) is 0 Å². The molecular weight excluding hydrogens is 426 g/mol. The van der Waals surface area contributed by atoms with Crippen LogP contribution in [-0.4, -0.2) is 25.2 Å². The molecule has 0 unspecified atom stereocenters. The number of nitrogens with zero attached hydrogens (tertiary/aromatic N) is 1. The van der Waals surface area contributed by atoms with Gasteiger partial charge in [0.25, 0.3) is 11.6 Å². The highest BCUT2D eigenvalue weighted by atomic mass is 32.2. The number of hydrogen-bond acceptors (Lipinski definition) is 7. The van der Waals surface area contributed by atoms with Gasteiger partial charge in [0.05, 0.1) is 4.92 Å². The molecule has 0 aliphatic heterocycles. The number of carbonyl (C=O) groups excluding carboxylic acids is 2. The molecular formula is C20H15N3O7S. The highest BCUT2D eigenvalue weighted by molar-refractivity contribution is 7.87. The third-order valence-electron chi connectivity index (χ3n) is 4.07. The van der Waals surface area contributed by atoms with Crippen LogP contribution in [0.25, 0.3) is 0 Å². The zero-order valence-corrected chi connectivity index (χ0v) is 16.5. The quantitative estimate of drug-likeness (QED) is 0.324. The van der Waals surface area contributed by atoms with Crippen molar-refractivity contribution in [1.29, 1.82) is 0 Å². The van der Waals surface area contributed by atoms with Gasteiger partial charge >= 0.3 is 10.1 Å². The number of nitrogens with one attached hydrogen (secondary N) is 1. The molecule has 0 atom stereocenters. The summed E-state index contributed by atoms with van der Waals surface area (Å²) in [6.45, 7) is 0. The molecule has 158 valence electrons. The van der Waals surface area contributed by atoms with Crippen LogP contribution in [0.2, 0.25) is 0 Å². The van der Waals surface area contributed by atoms with Gasteiger partial charge in [-0.2, -0.15) is 8.42 Å². The number of primary amides is 1. The summed E-state index contributed by atoms with van der Waals surface area (Å²) in [7, 11) is -4.30. The molecule has 3 aromatic carbocycles. The van der Waals surface area contributed by atoms with Crippen LogP contribution in [0, 0.1) is 10.1 Å². The van der Waals surface area contributed by atoms with E-state index < -0.39 is 26.9 Å². The average molecular weight is 441 g/mol. The summed E-state index contributed by atoms with van der Waals surface area (Å²) in [5, 5.41) is 13.4. The number of nitro groups is 1. The molecule has 31 heavy (non-hydrogen) atoms. The van der Waals surface area contributed by atoms with E-state index in [0.29, 0.717) is 11.3 Å². The number of anilines is 1. The van der Waals surface area contributed by atoms with Crippen LogP contribution in [0.1, 0.15) is 20.7 Å². The van der Waals surface area contributed by atoms with Crippen molar-refractivity contribution in [3.63, 3.8) is 0 Å². The average Bonchev–Trinajstić information content (AvgIpc) is 2.74. The maximum absolute atomic E-state index is 12.4. The van der Waals surface area contributed by atoms with Gasteiger partial charge in [0.15, 0.2) is 0 Å². The summed E-state index contributed by atoms with van der Waals surface area (Å²) >= 11 is 0. The monoisotopic (exact) mass is 441 g/mol. The smallest absolute Gasteiger partial charge is 0.339 e. The summed E-state index contributed by atoms with van der Waals surface area (Å²) in [6.07, 6.45) is 0. The molecule has 0 radical (unpaired) electrons. The summed E-state index contributed by atoms with van der Waals surface area (Å²) in [6, 6.07) is 15.7. The molecule has 3 rings (SSSR count). The van der Waals surface area contributed by atoms with E-state index in [9.17, 15) is 28.1 Å². The molecule has 0 saturated carbocycles. The SMILES string of the molecule is NC(=O)c1ccc(NC(=O)c2ccc(OS(=O)(=O)c3cccc([N+](=O)[O-])c3)cc2)cc1. The minimum absolute atomic E-state index is 0.0751. The van der Waals surface area contributed by atoms with E-state index in [4.69, 9.17) is 9.92 Å². The lowest BCUT2D eigenvalue weighted by atomic mass is 10.1. The predicted octanol–water partition coefficient (Wildman–Crippen LogP) is 2.71. The number of nitro benzene ring substituents is 1. The van der Waals surface area contributed by atoms with Crippen LogP contribution in [0.4, 0.5) is 11.4 Å². The Morgan fingerprint density at radius 1 is 0.935 bits per heavy atom. The number of hydrogen-bond donors (Lipinski definition) is 2. The highest BCUT2D eigenvalue weighted by Crippen LogP contribution is 2.22. The Morgan fingerprint density at radius 2 is 1.55 bits per heavy atom. The van der Waals surface area contributed by atoms with Gasteiger partial charge in [-0.1, -0.05) is 6.07 Å². The first-order valence-corrected chi connectivity index (χ1v) is 10.1. The van der Waals surface area contributed by atoms with Gasteiger partial charge in [0, 0.05) is 28.9 Å². The maximum Gasteiger partial charge on any atom is 0.339 e. The van der Waals surface area contributed by atoms with E-state index in [1.54, 1.807) is 0 Å². The second-order valence-corrected chi connectivity index (χ2v) is 7.76. The van der Waals surface area contributed by atoms with E-state index in [0.717, 1.165) is 12.1 Å². The minimum atomic E-state index is -4.30. The van der Waals surface area contributed by atoms with Crippen LogP contribution >= 0.6 is 0 Å². The molecule has 11 heteroatoms. The molecule has 0 spiro atoms. The number of rotatable bonds is 7. The lowest BCUT2D eigenvalue weighted by Crippen LogP contribution is -2.13. The number of nitrogens with two attached hydrogens (primary N) is 1. The van der Waals surface area contributed by atoms with Crippen molar-refractivity contribution >= 4 is 33.3 Å². The predicted molar refractivity (Wildman–Crippen MR) is 110 cm³/mol. The second kappa shape index (κ2) is 8.63. The van der Waals surface area contributed by atoms with E-state index in [2.05, 4.69) is 5.32 Å². The van der Waals surface area contributed by atoms with Gasteiger partial charge < -0.3 is 15.2 Å². The Bertz CT molecular complexity index is 1250. The molecule has 0 fully saturated rings. The van der Waals surface area contributed by atoms with Crippen molar-refractivity contribution in [2.24, 2.45) is 5.73 Å². The standard InChI is InChI=1S/C20H15N3O7S/c21-19(24)13-4-8-15(9-5-13)22-20(25)14-6-10-17(11-7-14)30-31(28,29)18-3-1-2-16(12-18)23(26)27/h1-12H,(H2,21,24)(H,22,25). The van der Waals surface area contributed by atoms with Crippen LogP contribution in [0.15, 0.2) is 77.7 Å². The molecule has 0 saturated heterocycles. The Morgan fingerprint density at radius 3 is 2.13 bits per heavy atom. The fourth-order valence-electron chi connectivity index (χ4n) is 2.51. The van der Waals surface area contributed by atoms with Gasteiger partial charge in [-0.25, -0.2) is 0 Å². The van der Waals surface area contributed by atoms with E-state index >= 15 is 0 Å². The lowest BCUT2D eigenvalue weighted by Gasteiger charge is -2.09. The molecule has 0 aliphatic rings. The summed E-state index contributed by atoms with van der Waals surface area (Å²) < 4.78 is 29.7. The Kier molecular flexibility index (Phi) is 5.97. The van der Waals surface area contributed by atoms with Gasteiger partial charge in [0.1, 0.15) is 10.6 Å². The number of non-ortho nitro benzene ring substituents is 1. The van der Waals surface area contributed by atoms with Crippen LogP contribution in [-0.2, 0) is 10.1 Å². The lowest BCUT2D eigenvalue weighted by molar-refractivity contribution is -0.385. The normalized spacial score (nSPS) is 10.8. The number of amides is 2. The zero-order chi connectivity index (χ0) is 22.6. The molecule has 0 aliphatic carbocycles. The van der Waals surface area contributed by atoms with E-state index in [1.807, 2.05) is 0 Å². The third-order valence-corrected chi connectivity index (χ3v) is 5.31. The second-order valence-electron chi connectivity index (χ2n) is 6.21. The van der Waals surface area contributed by atoms with Gasteiger partial charge in [0.2, 0.25) is 5.91 Å². The first-order valence-electron chi connectivity index (χ1n) is 8.66. The van der Waals surface area contributed by atoms with Gasteiger partial charge in [-0.3, -0.25) is 19.7 Å². The van der Waals surface area contributed by atoms with E-state index in [-0.39, 0.29) is 21.9 Å². The van der Waals surface area contributed by atoms with Crippen LogP contribution in [0.5, 0.6) is 5.75 Å². The van der Waals surface area contributed by atoms with Crippen molar-refractivity contribution in [3.05, 3.63) is 94.0 Å². The molecule has 3 N–H and O–H groups in total. The molecule has 0 bridgehead atoms. The number of carbonyl (C=O) groups is 2. The minimum Gasteiger partial charge on any atom is -0.379 e. The molecule has 10 nitrogen and oxygen atoms in total. The largest absolute Gasteiger partial charge is 0.379 e. The number of benzene rings is 3. The Labute approximate surface area is 176 Å². The summed E-state index contributed by atoms with van der Waals surface area (Å²) in [4.78, 5) is 33.1. The highest BCUT2D eigenvalue weighted by Gasteiger charge is 2.20. The first kappa shape index (κ1) is 21.5.